The van der Waals surface area contributed by atoms with Crippen molar-refractivity contribution in [1.29, 1.82) is 0 Å². The summed E-state index contributed by atoms with van der Waals surface area (Å²) >= 11 is 5.07. The molecule has 0 radical (unpaired) electrons. The van der Waals surface area contributed by atoms with Crippen molar-refractivity contribution in [1.82, 2.24) is 9.97 Å². The largest absolute Gasteiger partial charge is 0.354 e. The smallest absolute Gasteiger partial charge is 0.226 e. The quantitative estimate of drug-likeness (QED) is 0.668. The Labute approximate surface area is 135 Å². The molecule has 0 saturated carbocycles. The molecule has 0 aliphatic heterocycles. The van der Waals surface area contributed by atoms with E-state index in [1.807, 2.05) is 35.7 Å². The Hall–Kier alpha value is -1.66. The number of halogens is 1. The lowest BCUT2D eigenvalue weighted by Crippen LogP contribution is -2.06. The van der Waals surface area contributed by atoms with Crippen LogP contribution in [0.3, 0.4) is 0 Å². The standard InChI is InChI=1S/C15H15BrN4S/c1-2-8-17-15-19-13(12-7-9-21-14(12)20-15)18-11-5-3-10(16)4-6-11/h3-7,9H,2,8H2,1H3,(H2,17,18,19,20). The molecule has 0 amide bonds. The van der Waals surface area contributed by atoms with E-state index in [0.717, 1.165) is 39.2 Å². The fourth-order valence-corrected chi connectivity index (χ4v) is 2.96. The summed E-state index contributed by atoms with van der Waals surface area (Å²) in [5.41, 5.74) is 1.01. The van der Waals surface area contributed by atoms with E-state index in [9.17, 15) is 0 Å². The summed E-state index contributed by atoms with van der Waals surface area (Å²) in [7, 11) is 0. The Bertz CT molecular complexity index is 739. The predicted octanol–water partition coefficient (Wildman–Crippen LogP) is 5.02. The van der Waals surface area contributed by atoms with Gasteiger partial charge in [0.05, 0.1) is 5.39 Å². The van der Waals surface area contributed by atoms with Crippen LogP contribution in [0.5, 0.6) is 0 Å². The van der Waals surface area contributed by atoms with Crippen LogP contribution in [0, 0.1) is 0 Å². The fraction of sp³-hybridized carbons (Fsp3) is 0.200. The number of hydrogen-bond donors (Lipinski definition) is 2. The summed E-state index contributed by atoms with van der Waals surface area (Å²) in [6, 6.07) is 10.1. The van der Waals surface area contributed by atoms with Crippen molar-refractivity contribution in [3.05, 3.63) is 40.2 Å². The van der Waals surface area contributed by atoms with Gasteiger partial charge in [-0.05, 0) is 42.1 Å². The minimum absolute atomic E-state index is 0.673. The number of thiophene rings is 1. The van der Waals surface area contributed by atoms with Gasteiger partial charge in [0.15, 0.2) is 0 Å². The molecule has 0 aliphatic rings. The first-order chi connectivity index (χ1) is 10.3. The molecule has 0 spiro atoms. The van der Waals surface area contributed by atoms with Crippen LogP contribution in [0.1, 0.15) is 13.3 Å². The maximum absolute atomic E-state index is 4.59. The van der Waals surface area contributed by atoms with Gasteiger partial charge in [0, 0.05) is 16.7 Å². The number of hydrogen-bond acceptors (Lipinski definition) is 5. The molecule has 21 heavy (non-hydrogen) atoms. The zero-order valence-corrected chi connectivity index (χ0v) is 14.0. The second-order valence-electron chi connectivity index (χ2n) is 4.59. The first-order valence-electron chi connectivity index (χ1n) is 6.78. The van der Waals surface area contributed by atoms with Crippen LogP contribution in [0.15, 0.2) is 40.2 Å². The average molecular weight is 363 g/mol. The number of nitrogens with zero attached hydrogens (tertiary/aromatic N) is 2. The second kappa shape index (κ2) is 6.41. The maximum atomic E-state index is 4.59. The number of fused-ring (bicyclic) bond motifs is 1. The van der Waals surface area contributed by atoms with Crippen molar-refractivity contribution in [2.45, 2.75) is 13.3 Å². The minimum Gasteiger partial charge on any atom is -0.354 e. The molecular formula is C15H15BrN4S. The second-order valence-corrected chi connectivity index (χ2v) is 6.40. The molecule has 6 heteroatoms. The molecule has 2 aromatic heterocycles. The minimum atomic E-state index is 0.673. The van der Waals surface area contributed by atoms with Crippen molar-refractivity contribution < 1.29 is 0 Å². The number of nitrogens with one attached hydrogen (secondary N) is 2. The lowest BCUT2D eigenvalue weighted by atomic mass is 10.3. The Balaban J connectivity index is 1.95. The van der Waals surface area contributed by atoms with Gasteiger partial charge in [-0.2, -0.15) is 4.98 Å². The van der Waals surface area contributed by atoms with Crippen LogP contribution >= 0.6 is 27.3 Å². The van der Waals surface area contributed by atoms with Crippen molar-refractivity contribution in [3.63, 3.8) is 0 Å². The third-order valence-electron chi connectivity index (χ3n) is 2.97. The summed E-state index contributed by atoms with van der Waals surface area (Å²) in [4.78, 5) is 10.1. The van der Waals surface area contributed by atoms with E-state index in [0.29, 0.717) is 5.95 Å². The molecule has 3 aromatic rings. The van der Waals surface area contributed by atoms with Gasteiger partial charge in [0.1, 0.15) is 10.6 Å². The van der Waals surface area contributed by atoms with E-state index in [1.165, 1.54) is 0 Å². The van der Waals surface area contributed by atoms with Crippen molar-refractivity contribution in [2.24, 2.45) is 0 Å². The van der Waals surface area contributed by atoms with Crippen LogP contribution < -0.4 is 10.6 Å². The molecule has 2 N–H and O–H groups in total. The number of rotatable bonds is 5. The highest BCUT2D eigenvalue weighted by Gasteiger charge is 2.09. The molecule has 0 atom stereocenters. The van der Waals surface area contributed by atoms with Crippen LogP contribution in [0.2, 0.25) is 0 Å². The van der Waals surface area contributed by atoms with Crippen molar-refractivity contribution in [2.75, 3.05) is 17.2 Å². The molecule has 0 fully saturated rings. The van der Waals surface area contributed by atoms with Gasteiger partial charge in [0.25, 0.3) is 0 Å². The summed E-state index contributed by atoms with van der Waals surface area (Å²) in [5, 5.41) is 9.70. The van der Waals surface area contributed by atoms with Gasteiger partial charge in [-0.25, -0.2) is 4.98 Å². The Kier molecular flexibility index (Phi) is 4.36. The number of benzene rings is 1. The first kappa shape index (κ1) is 14.3. The lowest BCUT2D eigenvalue weighted by Gasteiger charge is -2.09. The van der Waals surface area contributed by atoms with Crippen LogP contribution in [0.25, 0.3) is 10.2 Å². The Morgan fingerprint density at radius 3 is 2.71 bits per heavy atom. The van der Waals surface area contributed by atoms with Gasteiger partial charge in [-0.1, -0.05) is 22.9 Å². The fourth-order valence-electron chi connectivity index (χ4n) is 1.94. The molecule has 2 heterocycles. The van der Waals surface area contributed by atoms with Gasteiger partial charge in [-0.15, -0.1) is 11.3 Å². The first-order valence-corrected chi connectivity index (χ1v) is 8.45. The third kappa shape index (κ3) is 3.33. The molecule has 0 aliphatic carbocycles. The van der Waals surface area contributed by atoms with Gasteiger partial charge in [-0.3, -0.25) is 0 Å². The molecule has 4 nitrogen and oxygen atoms in total. The molecule has 0 saturated heterocycles. The molecule has 3 rings (SSSR count). The highest BCUT2D eigenvalue weighted by atomic mass is 79.9. The zero-order valence-electron chi connectivity index (χ0n) is 11.6. The molecule has 0 bridgehead atoms. The van der Waals surface area contributed by atoms with Crippen LogP contribution in [0.4, 0.5) is 17.5 Å². The van der Waals surface area contributed by atoms with Crippen molar-refractivity contribution >= 4 is 54.9 Å². The van der Waals surface area contributed by atoms with Gasteiger partial charge in [0.2, 0.25) is 5.95 Å². The SMILES string of the molecule is CCCNc1nc(Nc2ccc(Br)cc2)c2ccsc2n1. The van der Waals surface area contributed by atoms with Crippen LogP contribution in [-0.2, 0) is 0 Å². The Morgan fingerprint density at radius 2 is 1.95 bits per heavy atom. The summed E-state index contributed by atoms with van der Waals surface area (Å²) < 4.78 is 1.06. The molecule has 108 valence electrons. The van der Waals surface area contributed by atoms with E-state index in [4.69, 9.17) is 0 Å². The molecule has 1 aromatic carbocycles. The van der Waals surface area contributed by atoms with E-state index >= 15 is 0 Å². The maximum Gasteiger partial charge on any atom is 0.226 e. The van der Waals surface area contributed by atoms with Gasteiger partial charge >= 0.3 is 0 Å². The molecular weight excluding hydrogens is 348 g/mol. The topological polar surface area (TPSA) is 49.8 Å². The van der Waals surface area contributed by atoms with Crippen LogP contribution in [-0.4, -0.2) is 16.5 Å². The Morgan fingerprint density at radius 1 is 1.14 bits per heavy atom. The average Bonchev–Trinajstić information content (AvgIpc) is 2.96. The highest BCUT2D eigenvalue weighted by molar-refractivity contribution is 9.10. The summed E-state index contributed by atoms with van der Waals surface area (Å²) in [6.07, 6.45) is 1.04. The monoisotopic (exact) mass is 362 g/mol. The third-order valence-corrected chi connectivity index (χ3v) is 4.30. The molecule has 0 unspecified atom stereocenters. The zero-order chi connectivity index (χ0) is 14.7. The van der Waals surface area contributed by atoms with E-state index in [1.54, 1.807) is 11.3 Å². The summed E-state index contributed by atoms with van der Waals surface area (Å²) in [6.45, 7) is 2.99. The number of aromatic nitrogens is 2. The predicted molar refractivity (Wildman–Crippen MR) is 93.6 cm³/mol. The highest BCUT2D eigenvalue weighted by Crippen LogP contribution is 2.29. The van der Waals surface area contributed by atoms with Gasteiger partial charge < -0.3 is 10.6 Å². The van der Waals surface area contributed by atoms with Crippen molar-refractivity contribution in [3.8, 4) is 0 Å². The number of anilines is 3. The van der Waals surface area contributed by atoms with E-state index < -0.39 is 0 Å². The lowest BCUT2D eigenvalue weighted by molar-refractivity contribution is 0.958. The normalized spacial score (nSPS) is 10.8. The van der Waals surface area contributed by atoms with E-state index in [-0.39, 0.29) is 0 Å². The summed E-state index contributed by atoms with van der Waals surface area (Å²) in [5.74, 6) is 1.51. The van der Waals surface area contributed by atoms with E-state index in [2.05, 4.69) is 43.5 Å².